The number of aryl methyl sites for hydroxylation is 2. The first-order valence-electron chi connectivity index (χ1n) is 7.76. The third-order valence-corrected chi connectivity index (χ3v) is 4.38. The summed E-state index contributed by atoms with van der Waals surface area (Å²) in [5, 5.41) is 2.76. The lowest BCUT2D eigenvalue weighted by Crippen LogP contribution is -2.31. The normalized spacial score (nSPS) is 11.7. The van der Waals surface area contributed by atoms with Gasteiger partial charge in [-0.1, -0.05) is 34.1 Å². The molecule has 0 aliphatic carbocycles. The Balaban J connectivity index is 1.92. The molecule has 0 saturated heterocycles. The standard InChI is InChI=1S/C19H19BrFNO3/c1-11-4-5-14(8-12(11)2)13(3)22-18(23)10-25-19(24)16-9-15(20)6-7-17(16)21/h4-9,13H,10H2,1-3H3,(H,22,23)/t13-/m1/s1. The van der Waals surface area contributed by atoms with Crippen LogP contribution in [0.5, 0.6) is 0 Å². The van der Waals surface area contributed by atoms with Crippen molar-refractivity contribution in [3.8, 4) is 0 Å². The van der Waals surface area contributed by atoms with Crippen molar-refractivity contribution in [1.29, 1.82) is 0 Å². The summed E-state index contributed by atoms with van der Waals surface area (Å²) in [6.07, 6.45) is 0. The number of nitrogens with one attached hydrogen (secondary N) is 1. The minimum atomic E-state index is -0.882. The summed E-state index contributed by atoms with van der Waals surface area (Å²) in [5.74, 6) is -2.03. The number of halogens is 2. The molecule has 1 amide bonds. The highest BCUT2D eigenvalue weighted by atomic mass is 79.9. The van der Waals surface area contributed by atoms with Crippen LogP contribution >= 0.6 is 15.9 Å². The summed E-state index contributed by atoms with van der Waals surface area (Å²) in [5.41, 5.74) is 3.05. The Morgan fingerprint density at radius 2 is 1.88 bits per heavy atom. The number of rotatable bonds is 5. The molecule has 132 valence electrons. The molecule has 1 N–H and O–H groups in total. The maximum Gasteiger partial charge on any atom is 0.341 e. The monoisotopic (exact) mass is 407 g/mol. The molecule has 0 spiro atoms. The molecule has 2 aromatic carbocycles. The van der Waals surface area contributed by atoms with Crippen LogP contribution in [0.25, 0.3) is 0 Å². The molecule has 1 atom stereocenters. The Bertz CT molecular complexity index is 807. The van der Waals surface area contributed by atoms with Gasteiger partial charge in [0.1, 0.15) is 5.82 Å². The molecule has 0 unspecified atom stereocenters. The van der Waals surface area contributed by atoms with Gasteiger partial charge in [-0.05, 0) is 55.7 Å². The Morgan fingerprint density at radius 3 is 2.56 bits per heavy atom. The first-order valence-corrected chi connectivity index (χ1v) is 8.56. The predicted molar refractivity (Wildman–Crippen MR) is 96.9 cm³/mol. The lowest BCUT2D eigenvalue weighted by molar-refractivity contribution is -0.124. The van der Waals surface area contributed by atoms with Crippen molar-refractivity contribution in [2.75, 3.05) is 6.61 Å². The number of esters is 1. The number of hydrogen-bond donors (Lipinski definition) is 1. The van der Waals surface area contributed by atoms with E-state index in [0.29, 0.717) is 4.47 Å². The van der Waals surface area contributed by atoms with Crippen LogP contribution in [0.1, 0.15) is 40.0 Å². The molecule has 0 bridgehead atoms. The Labute approximate surface area is 154 Å². The predicted octanol–water partition coefficient (Wildman–Crippen LogP) is 4.24. The van der Waals surface area contributed by atoms with E-state index in [1.807, 2.05) is 39.0 Å². The fourth-order valence-electron chi connectivity index (χ4n) is 2.26. The maximum atomic E-state index is 13.6. The molecule has 0 aliphatic rings. The van der Waals surface area contributed by atoms with Crippen molar-refractivity contribution in [2.24, 2.45) is 0 Å². The smallest absolute Gasteiger partial charge is 0.341 e. The lowest BCUT2D eigenvalue weighted by atomic mass is 10.0. The van der Waals surface area contributed by atoms with Crippen molar-refractivity contribution in [1.82, 2.24) is 5.32 Å². The zero-order chi connectivity index (χ0) is 18.6. The second-order valence-electron chi connectivity index (χ2n) is 5.83. The summed E-state index contributed by atoms with van der Waals surface area (Å²) in [7, 11) is 0. The van der Waals surface area contributed by atoms with Crippen molar-refractivity contribution >= 4 is 27.8 Å². The van der Waals surface area contributed by atoms with Crippen LogP contribution in [-0.2, 0) is 9.53 Å². The Morgan fingerprint density at radius 1 is 1.16 bits per heavy atom. The number of ether oxygens (including phenoxy) is 1. The highest BCUT2D eigenvalue weighted by molar-refractivity contribution is 9.10. The van der Waals surface area contributed by atoms with Gasteiger partial charge in [0.2, 0.25) is 0 Å². The summed E-state index contributed by atoms with van der Waals surface area (Å²) < 4.78 is 19.1. The van der Waals surface area contributed by atoms with Gasteiger partial charge in [-0.15, -0.1) is 0 Å². The first kappa shape index (κ1) is 19.1. The van der Waals surface area contributed by atoms with Gasteiger partial charge in [-0.3, -0.25) is 4.79 Å². The number of hydrogen-bond acceptors (Lipinski definition) is 3. The van der Waals surface area contributed by atoms with Crippen LogP contribution in [0.15, 0.2) is 40.9 Å². The number of carbonyl (C=O) groups excluding carboxylic acids is 2. The zero-order valence-electron chi connectivity index (χ0n) is 14.2. The molecular formula is C19H19BrFNO3. The van der Waals surface area contributed by atoms with Gasteiger partial charge in [0.15, 0.2) is 6.61 Å². The van der Waals surface area contributed by atoms with E-state index in [2.05, 4.69) is 21.2 Å². The van der Waals surface area contributed by atoms with E-state index in [-0.39, 0.29) is 11.6 Å². The minimum Gasteiger partial charge on any atom is -0.452 e. The molecule has 0 fully saturated rings. The molecule has 0 saturated carbocycles. The van der Waals surface area contributed by atoms with E-state index in [0.717, 1.165) is 17.2 Å². The average molecular weight is 408 g/mol. The fraction of sp³-hybridized carbons (Fsp3) is 0.263. The number of amides is 1. The molecule has 0 aliphatic heterocycles. The Hall–Kier alpha value is -2.21. The summed E-state index contributed by atoms with van der Waals surface area (Å²) >= 11 is 3.16. The van der Waals surface area contributed by atoms with Gasteiger partial charge in [0.25, 0.3) is 5.91 Å². The van der Waals surface area contributed by atoms with Crippen molar-refractivity contribution in [3.05, 3.63) is 68.9 Å². The van der Waals surface area contributed by atoms with Gasteiger partial charge in [0.05, 0.1) is 11.6 Å². The second-order valence-corrected chi connectivity index (χ2v) is 6.75. The van der Waals surface area contributed by atoms with E-state index in [9.17, 15) is 14.0 Å². The number of benzene rings is 2. The van der Waals surface area contributed by atoms with Gasteiger partial charge < -0.3 is 10.1 Å². The van der Waals surface area contributed by atoms with Crippen LogP contribution in [0, 0.1) is 19.7 Å². The summed E-state index contributed by atoms with van der Waals surface area (Å²) in [6.45, 7) is 5.39. The van der Waals surface area contributed by atoms with Gasteiger partial charge in [-0.25, -0.2) is 9.18 Å². The van der Waals surface area contributed by atoms with Gasteiger partial charge >= 0.3 is 5.97 Å². The topological polar surface area (TPSA) is 55.4 Å². The van der Waals surface area contributed by atoms with Gasteiger partial charge in [0, 0.05) is 4.47 Å². The molecule has 0 radical (unpaired) electrons. The maximum absolute atomic E-state index is 13.6. The van der Waals surface area contributed by atoms with Crippen LogP contribution in [0.4, 0.5) is 4.39 Å². The molecule has 2 rings (SSSR count). The van der Waals surface area contributed by atoms with E-state index in [4.69, 9.17) is 4.74 Å². The molecule has 0 heterocycles. The van der Waals surface area contributed by atoms with E-state index < -0.39 is 24.3 Å². The van der Waals surface area contributed by atoms with Crippen LogP contribution in [0.3, 0.4) is 0 Å². The molecule has 0 aromatic heterocycles. The van der Waals surface area contributed by atoms with E-state index in [1.165, 1.54) is 17.7 Å². The Kier molecular flexibility index (Phi) is 6.31. The zero-order valence-corrected chi connectivity index (χ0v) is 15.8. The molecule has 2 aromatic rings. The third-order valence-electron chi connectivity index (χ3n) is 3.89. The van der Waals surface area contributed by atoms with E-state index >= 15 is 0 Å². The molecule has 4 nitrogen and oxygen atoms in total. The van der Waals surface area contributed by atoms with Crippen molar-refractivity contribution in [2.45, 2.75) is 26.8 Å². The van der Waals surface area contributed by atoms with Crippen LogP contribution in [-0.4, -0.2) is 18.5 Å². The largest absolute Gasteiger partial charge is 0.452 e. The highest BCUT2D eigenvalue weighted by Crippen LogP contribution is 2.18. The van der Waals surface area contributed by atoms with Crippen molar-refractivity contribution < 1.29 is 18.7 Å². The fourth-order valence-corrected chi connectivity index (χ4v) is 2.62. The van der Waals surface area contributed by atoms with Crippen molar-refractivity contribution in [3.63, 3.8) is 0 Å². The molecule has 25 heavy (non-hydrogen) atoms. The summed E-state index contributed by atoms with van der Waals surface area (Å²) in [6, 6.07) is 9.65. The van der Waals surface area contributed by atoms with Gasteiger partial charge in [-0.2, -0.15) is 0 Å². The first-order chi connectivity index (χ1) is 11.8. The SMILES string of the molecule is Cc1ccc([C@@H](C)NC(=O)COC(=O)c2cc(Br)ccc2F)cc1C. The molecular weight excluding hydrogens is 389 g/mol. The minimum absolute atomic E-state index is 0.218. The van der Waals surface area contributed by atoms with E-state index in [1.54, 1.807) is 0 Å². The summed E-state index contributed by atoms with van der Waals surface area (Å²) in [4.78, 5) is 23.9. The van der Waals surface area contributed by atoms with Crippen LogP contribution in [0.2, 0.25) is 0 Å². The highest BCUT2D eigenvalue weighted by Gasteiger charge is 2.16. The second kappa shape index (κ2) is 8.25. The number of carbonyl (C=O) groups is 2. The average Bonchev–Trinajstić information content (AvgIpc) is 2.57. The van der Waals surface area contributed by atoms with Crippen LogP contribution < -0.4 is 5.32 Å². The third kappa shape index (κ3) is 5.13. The lowest BCUT2D eigenvalue weighted by Gasteiger charge is -2.16. The quantitative estimate of drug-likeness (QED) is 0.754. The molecule has 6 heteroatoms.